The Morgan fingerprint density at radius 1 is 1.19 bits per heavy atom. The van der Waals surface area contributed by atoms with Gasteiger partial charge >= 0.3 is 0 Å². The molecule has 2 heterocycles. The fourth-order valence-electron chi connectivity index (χ4n) is 5.01. The van der Waals surface area contributed by atoms with E-state index in [1.165, 1.54) is 0 Å². The van der Waals surface area contributed by atoms with Crippen molar-refractivity contribution in [3.8, 4) is 6.57 Å². The number of amides is 2. The highest BCUT2D eigenvalue weighted by molar-refractivity contribution is 6.31. The average Bonchev–Trinajstić information content (AvgIpc) is 3.03. The molecule has 0 saturated carbocycles. The van der Waals surface area contributed by atoms with Crippen LogP contribution >= 0.6 is 23.2 Å². The average molecular weight is 456 g/mol. The van der Waals surface area contributed by atoms with Gasteiger partial charge in [0.25, 0.3) is 0 Å². The number of fused-ring (bicyclic) bond motifs is 2. The summed E-state index contributed by atoms with van der Waals surface area (Å²) in [4.78, 5) is 26.6. The summed E-state index contributed by atoms with van der Waals surface area (Å²) in [7, 11) is 0. The van der Waals surface area contributed by atoms with E-state index in [9.17, 15) is 9.59 Å². The third kappa shape index (κ3) is 3.31. The Balaban J connectivity index is 0.00000132. The Hall–Kier alpha value is -2.81. The number of nitrogens with zero attached hydrogens (tertiary/aromatic N) is 1. The van der Waals surface area contributed by atoms with Gasteiger partial charge in [0.2, 0.25) is 11.8 Å². The van der Waals surface area contributed by atoms with E-state index in [1.54, 1.807) is 18.2 Å². The summed E-state index contributed by atoms with van der Waals surface area (Å²) < 4.78 is 0. The molecule has 3 atom stereocenters. The van der Waals surface area contributed by atoms with Crippen molar-refractivity contribution in [2.75, 3.05) is 5.32 Å². The van der Waals surface area contributed by atoms with E-state index in [-0.39, 0.29) is 18.2 Å². The van der Waals surface area contributed by atoms with Crippen LogP contribution in [0, 0.1) is 11.8 Å². The van der Waals surface area contributed by atoms with E-state index >= 15 is 0 Å². The molecule has 0 aromatic heterocycles. The quantitative estimate of drug-likeness (QED) is 0.628. The third-order valence-corrected chi connectivity index (χ3v) is 6.93. The van der Waals surface area contributed by atoms with Crippen LogP contribution in [0.25, 0.3) is 0 Å². The zero-order valence-corrected chi connectivity index (χ0v) is 18.8. The molecule has 0 unspecified atom stereocenters. The third-order valence-electron chi connectivity index (χ3n) is 6.46. The number of piperidine rings is 1. The van der Waals surface area contributed by atoms with Crippen molar-refractivity contribution in [1.82, 2.24) is 5.32 Å². The minimum Gasteiger partial charge on any atom is -0.348 e. The van der Waals surface area contributed by atoms with Crippen LogP contribution in [0.4, 0.5) is 5.69 Å². The fraction of sp³-hybridized carbons (Fsp3) is 0.292. The van der Waals surface area contributed by atoms with Crippen molar-refractivity contribution in [2.24, 2.45) is 0 Å². The van der Waals surface area contributed by atoms with Gasteiger partial charge in [-0.1, -0.05) is 67.4 Å². The minimum absolute atomic E-state index is 0.118. The summed E-state index contributed by atoms with van der Waals surface area (Å²) in [5, 5.41) is 13.7. The van der Waals surface area contributed by atoms with Gasteiger partial charge in [0.15, 0.2) is 0 Å². The zero-order chi connectivity index (χ0) is 23.0. The molecule has 160 valence electrons. The molecule has 2 aromatic carbocycles. The standard InChI is InChI=1S/C23H22Cl2N2O2.CHN/c1-4-13(2)20-23(17-9-8-16(25)11-18(17)26-21(23)29)22(3,12-19(28)27-20)14-6-5-7-15(24)10-14;1-2/h5-11,20H,2,4,12H2,1,3H3,(H,26,29)(H,27,28);1H/t20-,22+,23+;/m1./s1. The molecular weight excluding hydrogens is 433 g/mol. The van der Waals surface area contributed by atoms with E-state index in [2.05, 4.69) is 23.8 Å². The van der Waals surface area contributed by atoms with E-state index in [0.29, 0.717) is 22.2 Å². The minimum atomic E-state index is -1.07. The Morgan fingerprint density at radius 2 is 1.87 bits per heavy atom. The van der Waals surface area contributed by atoms with Gasteiger partial charge in [-0.25, -0.2) is 5.26 Å². The predicted molar refractivity (Wildman–Crippen MR) is 123 cm³/mol. The second-order valence-corrected chi connectivity index (χ2v) is 8.86. The molecule has 0 bridgehead atoms. The van der Waals surface area contributed by atoms with Gasteiger partial charge in [-0.15, -0.1) is 0 Å². The van der Waals surface area contributed by atoms with Crippen LogP contribution in [-0.2, 0) is 20.4 Å². The van der Waals surface area contributed by atoms with Crippen LogP contribution in [0.5, 0.6) is 0 Å². The van der Waals surface area contributed by atoms with Crippen molar-refractivity contribution < 1.29 is 9.59 Å². The van der Waals surface area contributed by atoms with Gasteiger partial charge in [0, 0.05) is 34.1 Å². The number of hydrogen-bond acceptors (Lipinski definition) is 3. The molecule has 1 fully saturated rings. The molecule has 7 heteroatoms. The molecule has 5 nitrogen and oxygen atoms in total. The topological polar surface area (TPSA) is 82.0 Å². The summed E-state index contributed by atoms with van der Waals surface area (Å²) in [6, 6.07) is 12.3. The molecule has 2 amide bonds. The van der Waals surface area contributed by atoms with Crippen LogP contribution < -0.4 is 10.6 Å². The number of hydrogen-bond donors (Lipinski definition) is 2. The first-order valence-electron chi connectivity index (χ1n) is 9.84. The highest BCUT2D eigenvalue weighted by Crippen LogP contribution is 2.57. The monoisotopic (exact) mass is 455 g/mol. The SMILES string of the molecule is C#N.C=C(CC)[C@H]1NC(=O)C[C@@](C)(c2cccc(Cl)c2)[C@]12C(=O)Nc1cc(Cl)ccc12. The molecule has 2 aromatic rings. The lowest BCUT2D eigenvalue weighted by molar-refractivity contribution is -0.133. The van der Waals surface area contributed by atoms with Crippen LogP contribution in [0.3, 0.4) is 0 Å². The van der Waals surface area contributed by atoms with Gasteiger partial charge in [-0.2, -0.15) is 0 Å². The van der Waals surface area contributed by atoms with Crippen molar-refractivity contribution in [3.63, 3.8) is 0 Å². The van der Waals surface area contributed by atoms with Crippen molar-refractivity contribution in [1.29, 1.82) is 5.26 Å². The molecule has 0 radical (unpaired) electrons. The predicted octanol–water partition coefficient (Wildman–Crippen LogP) is 5.14. The Labute approximate surface area is 192 Å². The highest BCUT2D eigenvalue weighted by atomic mass is 35.5. The molecule has 4 rings (SSSR count). The van der Waals surface area contributed by atoms with Crippen LogP contribution in [0.2, 0.25) is 10.0 Å². The Kier molecular flexibility index (Phi) is 6.18. The van der Waals surface area contributed by atoms with Gasteiger partial charge in [-0.05, 0) is 41.8 Å². The van der Waals surface area contributed by atoms with E-state index in [0.717, 1.165) is 16.7 Å². The van der Waals surface area contributed by atoms with Crippen LogP contribution in [0.15, 0.2) is 54.6 Å². The summed E-state index contributed by atoms with van der Waals surface area (Å²) in [6.45, 7) is 11.6. The Morgan fingerprint density at radius 3 is 2.52 bits per heavy atom. The normalized spacial score (nSPS) is 26.3. The summed E-state index contributed by atoms with van der Waals surface area (Å²) in [5.41, 5.74) is 1.20. The second-order valence-electron chi connectivity index (χ2n) is 7.98. The lowest BCUT2D eigenvalue weighted by atomic mass is 9.51. The maximum atomic E-state index is 13.8. The number of nitriles is 1. The van der Waals surface area contributed by atoms with E-state index < -0.39 is 16.9 Å². The summed E-state index contributed by atoms with van der Waals surface area (Å²) >= 11 is 12.5. The molecular formula is C24H23Cl2N3O2. The first-order chi connectivity index (χ1) is 14.7. The van der Waals surface area contributed by atoms with Gasteiger partial charge in [0.05, 0.1) is 6.04 Å². The maximum absolute atomic E-state index is 13.8. The molecule has 1 saturated heterocycles. The van der Waals surface area contributed by atoms with Crippen LogP contribution in [0.1, 0.15) is 37.8 Å². The Bertz CT molecular complexity index is 1100. The zero-order valence-electron chi connectivity index (χ0n) is 17.3. The summed E-state index contributed by atoms with van der Waals surface area (Å²) in [5.74, 6) is -0.287. The smallest absolute Gasteiger partial charge is 0.238 e. The molecule has 2 N–H and O–H groups in total. The molecule has 31 heavy (non-hydrogen) atoms. The summed E-state index contributed by atoms with van der Waals surface area (Å²) in [6.07, 6.45) is 0.783. The van der Waals surface area contributed by atoms with Crippen molar-refractivity contribution >= 4 is 40.7 Å². The fourth-order valence-corrected chi connectivity index (χ4v) is 5.38. The number of carbonyl (C=O) groups excluding carboxylic acids is 2. The lowest BCUT2D eigenvalue weighted by Gasteiger charge is -2.53. The van der Waals surface area contributed by atoms with E-state index in [1.807, 2.05) is 38.1 Å². The molecule has 0 aliphatic carbocycles. The van der Waals surface area contributed by atoms with E-state index in [4.69, 9.17) is 28.5 Å². The maximum Gasteiger partial charge on any atom is 0.238 e. The number of rotatable bonds is 3. The molecule has 2 aliphatic rings. The van der Waals surface area contributed by atoms with Gasteiger partial charge in [0.1, 0.15) is 5.41 Å². The molecule has 1 spiro atoms. The molecule has 2 aliphatic heterocycles. The largest absolute Gasteiger partial charge is 0.348 e. The van der Waals surface area contributed by atoms with Crippen molar-refractivity contribution in [2.45, 2.75) is 43.6 Å². The first kappa shape index (κ1) is 22.9. The number of carbonyl (C=O) groups is 2. The van der Waals surface area contributed by atoms with Crippen molar-refractivity contribution in [3.05, 3.63) is 75.8 Å². The number of halogens is 2. The van der Waals surface area contributed by atoms with Gasteiger partial charge in [-0.3, -0.25) is 9.59 Å². The van der Waals surface area contributed by atoms with Gasteiger partial charge < -0.3 is 10.6 Å². The second kappa shape index (κ2) is 8.37. The first-order valence-corrected chi connectivity index (χ1v) is 10.6. The van der Waals surface area contributed by atoms with Crippen LogP contribution in [-0.4, -0.2) is 17.9 Å². The lowest BCUT2D eigenvalue weighted by Crippen LogP contribution is -2.69. The number of anilines is 1. The number of nitrogens with one attached hydrogen (secondary N) is 2. The number of benzene rings is 2. The highest BCUT2D eigenvalue weighted by Gasteiger charge is 2.66.